The van der Waals surface area contributed by atoms with Gasteiger partial charge in [0.15, 0.2) is 0 Å². The second-order valence-corrected chi connectivity index (χ2v) is 11.1. The van der Waals surface area contributed by atoms with Crippen LogP contribution in [0.5, 0.6) is 0 Å². The van der Waals surface area contributed by atoms with Crippen molar-refractivity contribution >= 4 is 35.1 Å². The molecule has 1 N–H and O–H groups in total. The molecule has 3 heterocycles. The molecule has 1 spiro atoms. The zero-order valence-corrected chi connectivity index (χ0v) is 22.9. The molecule has 1 aromatic rings. The van der Waals surface area contributed by atoms with Crippen molar-refractivity contribution in [2.45, 2.75) is 56.8 Å². The largest absolute Gasteiger partial charge is 0.461 e. The molecule has 2 amide bonds. The second kappa shape index (κ2) is 11.2. The van der Waals surface area contributed by atoms with Gasteiger partial charge in [-0.15, -0.1) is 6.58 Å². The van der Waals surface area contributed by atoms with Crippen molar-refractivity contribution < 1.29 is 29.0 Å². The van der Waals surface area contributed by atoms with E-state index in [9.17, 15) is 19.5 Å². The Balaban J connectivity index is 1.78. The summed E-state index contributed by atoms with van der Waals surface area (Å²) in [6.45, 7) is 11.9. The number of hydrogen-bond donors (Lipinski definition) is 1. The minimum atomic E-state index is -1.16. The van der Waals surface area contributed by atoms with Crippen LogP contribution in [-0.2, 0) is 23.9 Å². The molecule has 0 aromatic heterocycles. The Labute approximate surface area is 229 Å². The summed E-state index contributed by atoms with van der Waals surface area (Å²) in [5.41, 5.74) is -1.48. The molecule has 1 aromatic carbocycles. The predicted octanol–water partition coefficient (Wildman–Crippen LogP) is 3.76. The monoisotopic (exact) mass is 544 g/mol. The highest BCUT2D eigenvalue weighted by Gasteiger charge is 2.80. The molecule has 3 unspecified atom stereocenters. The van der Waals surface area contributed by atoms with Gasteiger partial charge in [-0.3, -0.25) is 14.4 Å². The molecule has 0 aliphatic carbocycles. The van der Waals surface area contributed by atoms with Crippen LogP contribution in [0, 0.1) is 17.8 Å². The lowest BCUT2D eigenvalue weighted by molar-refractivity contribution is -0.160. The predicted molar refractivity (Wildman–Crippen MR) is 145 cm³/mol. The Morgan fingerprint density at radius 1 is 1.24 bits per heavy atom. The molecule has 3 aliphatic rings. The minimum Gasteiger partial charge on any atom is -0.461 e. The molecular formula is C29H37ClN2O6. The van der Waals surface area contributed by atoms with Gasteiger partial charge < -0.3 is 24.4 Å². The van der Waals surface area contributed by atoms with Crippen molar-refractivity contribution in [3.05, 3.63) is 54.6 Å². The number of rotatable bonds is 12. The number of amides is 2. The van der Waals surface area contributed by atoms with E-state index in [4.69, 9.17) is 21.1 Å². The standard InChI is InChI=1S/C29H37ClN2O6/c1-5-14-31(21-12-10-20(30)11-13-21)26(35)24-29-18-19(3)28(4,38-29)23(27(36)37-17-6-2)22(29)25(34)32(24)15-8-7-9-16-33/h5-6,10-13,19,22-24,33H,1-2,7-9,14-18H2,3-4H3/t19?,22-,23-,24?,28+,29?/m0/s1. The zero-order valence-electron chi connectivity index (χ0n) is 22.1. The molecule has 2 bridgehead atoms. The molecule has 4 rings (SSSR count). The summed E-state index contributed by atoms with van der Waals surface area (Å²) in [6.07, 6.45) is 5.51. The number of aliphatic hydroxyl groups excluding tert-OH is 1. The van der Waals surface area contributed by atoms with E-state index in [1.54, 1.807) is 40.1 Å². The Kier molecular flexibility index (Phi) is 8.35. The van der Waals surface area contributed by atoms with Crippen LogP contribution in [0.1, 0.15) is 39.5 Å². The Hall–Kier alpha value is -2.68. The summed E-state index contributed by atoms with van der Waals surface area (Å²) >= 11 is 6.10. The zero-order chi connectivity index (χ0) is 27.7. The first-order valence-corrected chi connectivity index (χ1v) is 13.6. The van der Waals surface area contributed by atoms with E-state index >= 15 is 0 Å². The van der Waals surface area contributed by atoms with Crippen molar-refractivity contribution in [2.24, 2.45) is 17.8 Å². The third-order valence-corrected chi connectivity index (χ3v) is 8.67. The van der Waals surface area contributed by atoms with Gasteiger partial charge in [0.05, 0.1) is 11.5 Å². The highest BCUT2D eigenvalue weighted by atomic mass is 35.5. The fourth-order valence-electron chi connectivity index (χ4n) is 6.64. The Morgan fingerprint density at radius 2 is 1.95 bits per heavy atom. The van der Waals surface area contributed by atoms with Crippen molar-refractivity contribution in [3.8, 4) is 0 Å². The number of nitrogens with zero attached hydrogens (tertiary/aromatic N) is 2. The van der Waals surface area contributed by atoms with Crippen LogP contribution in [0.2, 0.25) is 5.02 Å². The van der Waals surface area contributed by atoms with Crippen LogP contribution >= 0.6 is 11.6 Å². The molecule has 3 fully saturated rings. The van der Waals surface area contributed by atoms with E-state index in [2.05, 4.69) is 13.2 Å². The van der Waals surface area contributed by atoms with Crippen LogP contribution in [0.25, 0.3) is 0 Å². The van der Waals surface area contributed by atoms with Crippen LogP contribution < -0.4 is 4.90 Å². The average molecular weight is 545 g/mol. The number of aliphatic hydroxyl groups is 1. The number of esters is 1. The van der Waals surface area contributed by atoms with Gasteiger partial charge in [0.1, 0.15) is 24.2 Å². The fourth-order valence-corrected chi connectivity index (χ4v) is 6.76. The quantitative estimate of drug-likeness (QED) is 0.244. The first-order valence-electron chi connectivity index (χ1n) is 13.2. The van der Waals surface area contributed by atoms with Crippen molar-refractivity contribution in [2.75, 3.05) is 31.2 Å². The summed E-state index contributed by atoms with van der Waals surface area (Å²) < 4.78 is 12.2. The number of ether oxygens (including phenoxy) is 2. The molecule has 9 heteroatoms. The lowest BCUT2D eigenvalue weighted by Gasteiger charge is -2.37. The number of fused-ring (bicyclic) bond motifs is 1. The Morgan fingerprint density at radius 3 is 2.58 bits per heavy atom. The van der Waals surface area contributed by atoms with E-state index in [0.717, 1.165) is 0 Å². The smallest absolute Gasteiger partial charge is 0.313 e. The topological polar surface area (TPSA) is 96.4 Å². The van der Waals surface area contributed by atoms with Crippen LogP contribution in [-0.4, -0.2) is 71.3 Å². The van der Waals surface area contributed by atoms with Crippen molar-refractivity contribution in [1.82, 2.24) is 4.90 Å². The van der Waals surface area contributed by atoms with Gasteiger partial charge in [0.2, 0.25) is 5.91 Å². The van der Waals surface area contributed by atoms with Crippen LogP contribution in [0.4, 0.5) is 5.69 Å². The summed E-state index contributed by atoms with van der Waals surface area (Å²) in [4.78, 5) is 45.1. The molecule has 0 saturated carbocycles. The number of halogens is 1. The maximum absolute atomic E-state index is 14.5. The first-order chi connectivity index (χ1) is 18.2. The van der Waals surface area contributed by atoms with E-state index in [1.807, 2.05) is 13.8 Å². The lowest BCUT2D eigenvalue weighted by Crippen LogP contribution is -2.57. The third kappa shape index (κ3) is 4.56. The minimum absolute atomic E-state index is 0.0324. The van der Waals surface area contributed by atoms with Crippen molar-refractivity contribution in [3.63, 3.8) is 0 Å². The lowest BCUT2D eigenvalue weighted by atomic mass is 9.62. The number of carbonyl (C=O) groups excluding carboxylic acids is 3. The molecule has 3 saturated heterocycles. The molecule has 0 radical (unpaired) electrons. The van der Waals surface area contributed by atoms with Gasteiger partial charge in [0, 0.05) is 30.4 Å². The van der Waals surface area contributed by atoms with Gasteiger partial charge in [0.25, 0.3) is 5.91 Å². The molecule has 3 aliphatic heterocycles. The highest BCUT2D eigenvalue weighted by Crippen LogP contribution is 2.65. The van der Waals surface area contributed by atoms with E-state index in [-0.39, 0.29) is 37.5 Å². The molecular weight excluding hydrogens is 508 g/mol. The molecule has 206 valence electrons. The van der Waals surface area contributed by atoms with E-state index in [1.165, 1.54) is 6.08 Å². The number of anilines is 1. The molecule has 38 heavy (non-hydrogen) atoms. The maximum atomic E-state index is 14.5. The Bertz CT molecular complexity index is 1090. The molecule has 6 atom stereocenters. The summed E-state index contributed by atoms with van der Waals surface area (Å²) in [6, 6.07) is 6.01. The van der Waals surface area contributed by atoms with Gasteiger partial charge >= 0.3 is 5.97 Å². The summed E-state index contributed by atoms with van der Waals surface area (Å²) in [7, 11) is 0. The number of benzene rings is 1. The number of carbonyl (C=O) groups is 3. The first kappa shape index (κ1) is 28.3. The second-order valence-electron chi connectivity index (χ2n) is 10.7. The van der Waals surface area contributed by atoms with Gasteiger partial charge in [-0.1, -0.05) is 37.3 Å². The SMILES string of the molecule is C=CCOC(=O)[C@@H]1[C@H]2C(=O)N(CCCCCO)C(C(=O)N(CC=C)c3ccc(Cl)cc3)C23CC(C)[C@@]1(C)O3. The van der Waals surface area contributed by atoms with Gasteiger partial charge in [-0.2, -0.15) is 0 Å². The number of likely N-dealkylation sites (tertiary alicyclic amines) is 1. The van der Waals surface area contributed by atoms with Crippen LogP contribution in [0.15, 0.2) is 49.6 Å². The van der Waals surface area contributed by atoms with Gasteiger partial charge in [-0.25, -0.2) is 0 Å². The molecule has 8 nitrogen and oxygen atoms in total. The number of hydrogen-bond acceptors (Lipinski definition) is 6. The van der Waals surface area contributed by atoms with Crippen molar-refractivity contribution in [1.29, 1.82) is 0 Å². The highest BCUT2D eigenvalue weighted by molar-refractivity contribution is 6.30. The summed E-state index contributed by atoms with van der Waals surface area (Å²) in [5.74, 6) is -2.81. The normalized spacial score (nSPS) is 31.3. The van der Waals surface area contributed by atoms with E-state index in [0.29, 0.717) is 42.9 Å². The summed E-state index contributed by atoms with van der Waals surface area (Å²) in [5, 5.41) is 9.77. The third-order valence-electron chi connectivity index (χ3n) is 8.42. The van der Waals surface area contributed by atoms with Crippen LogP contribution in [0.3, 0.4) is 0 Å². The maximum Gasteiger partial charge on any atom is 0.313 e. The van der Waals surface area contributed by atoms with Gasteiger partial charge in [-0.05, 0) is 62.8 Å². The fraction of sp³-hybridized carbons (Fsp3) is 0.552. The average Bonchev–Trinajstić information content (AvgIpc) is 3.40. The van der Waals surface area contributed by atoms with E-state index < -0.39 is 35.0 Å². The number of unbranched alkanes of at least 4 members (excludes halogenated alkanes) is 2.